The molecular weight excluding hydrogens is 246 g/mol. The van der Waals surface area contributed by atoms with Gasteiger partial charge in [0.1, 0.15) is 6.33 Å². The third-order valence-corrected chi connectivity index (χ3v) is 2.47. The van der Waals surface area contributed by atoms with Crippen molar-refractivity contribution in [3.8, 4) is 0 Å². The van der Waals surface area contributed by atoms with Crippen LogP contribution < -0.4 is 0 Å². The Balaban J connectivity index is 2.56. The van der Waals surface area contributed by atoms with Gasteiger partial charge in [-0.3, -0.25) is 0 Å². The Labute approximate surface area is 113 Å². The molecule has 0 spiro atoms. The minimum absolute atomic E-state index is 0.0332. The number of carbonyl (C=O) groups is 1. The number of unbranched alkanes of at least 4 members (excludes halogenated alkanes) is 2. The van der Waals surface area contributed by atoms with E-state index in [1.807, 2.05) is 0 Å². The number of esters is 1. The Morgan fingerprint density at radius 2 is 2.32 bits per heavy atom. The molecule has 0 saturated carbocycles. The number of rotatable bonds is 9. The van der Waals surface area contributed by atoms with Crippen molar-refractivity contribution in [2.24, 2.45) is 0 Å². The molecule has 19 heavy (non-hydrogen) atoms. The Morgan fingerprint density at radius 1 is 1.53 bits per heavy atom. The van der Waals surface area contributed by atoms with Gasteiger partial charge in [-0.15, -0.1) is 5.10 Å². The van der Waals surface area contributed by atoms with E-state index in [9.17, 15) is 4.79 Å². The quantitative estimate of drug-likeness (QED) is 0.390. The zero-order valence-corrected chi connectivity index (χ0v) is 11.5. The molecule has 0 unspecified atom stereocenters. The number of ether oxygens (including phenoxy) is 2. The molecule has 0 N–H and O–H groups in total. The molecule has 0 radical (unpaired) electrons. The molecule has 0 aromatic carbocycles. The highest BCUT2D eigenvalue weighted by Gasteiger charge is 2.15. The summed E-state index contributed by atoms with van der Waals surface area (Å²) in [6.45, 7) is 8.49. The third-order valence-electron chi connectivity index (χ3n) is 2.47. The first-order valence-electron chi connectivity index (χ1n) is 6.55. The van der Waals surface area contributed by atoms with Crippen molar-refractivity contribution in [1.82, 2.24) is 14.8 Å². The van der Waals surface area contributed by atoms with Crippen LogP contribution in [0.2, 0.25) is 0 Å². The Bertz CT molecular complexity index is 404. The summed E-state index contributed by atoms with van der Waals surface area (Å²) in [4.78, 5) is 15.3. The number of hydrogen-bond donors (Lipinski definition) is 0. The summed E-state index contributed by atoms with van der Waals surface area (Å²) < 4.78 is 11.9. The average Bonchev–Trinajstić information content (AvgIpc) is 2.89. The lowest BCUT2D eigenvalue weighted by Crippen LogP contribution is -2.14. The molecular formula is C13H21N3O3. The number of hydrogen-bond acceptors (Lipinski definition) is 5. The van der Waals surface area contributed by atoms with Crippen LogP contribution in [0.15, 0.2) is 19.0 Å². The summed E-state index contributed by atoms with van der Waals surface area (Å²) >= 11 is 0. The first-order chi connectivity index (χ1) is 9.22. The third kappa shape index (κ3) is 4.82. The zero-order valence-electron chi connectivity index (χ0n) is 11.5. The van der Waals surface area contributed by atoms with E-state index in [1.54, 1.807) is 13.0 Å². The fourth-order valence-corrected chi connectivity index (χ4v) is 1.50. The van der Waals surface area contributed by atoms with Crippen molar-refractivity contribution in [1.29, 1.82) is 0 Å². The van der Waals surface area contributed by atoms with Crippen LogP contribution in [0, 0.1) is 0 Å². The molecule has 0 amide bonds. The van der Waals surface area contributed by atoms with Crippen LogP contribution in [0.5, 0.6) is 0 Å². The monoisotopic (exact) mass is 267 g/mol. The molecule has 1 aromatic rings. The average molecular weight is 267 g/mol. The summed E-state index contributed by atoms with van der Waals surface area (Å²) in [6, 6.07) is 0. The lowest BCUT2D eigenvalue weighted by Gasteiger charge is -2.13. The van der Waals surface area contributed by atoms with Gasteiger partial charge in [-0.2, -0.15) is 0 Å². The molecule has 0 aliphatic heterocycles. The molecule has 0 aliphatic carbocycles. The molecule has 0 saturated heterocycles. The van der Waals surface area contributed by atoms with E-state index in [2.05, 4.69) is 23.6 Å². The smallest absolute Gasteiger partial charge is 0.378 e. The Kier molecular flexibility index (Phi) is 6.81. The number of carbonyl (C=O) groups excluding carboxylic acids is 1. The van der Waals surface area contributed by atoms with Crippen molar-refractivity contribution in [3.05, 3.63) is 24.8 Å². The predicted octanol–water partition coefficient (Wildman–Crippen LogP) is 2.35. The highest BCUT2D eigenvalue weighted by molar-refractivity contribution is 5.84. The van der Waals surface area contributed by atoms with Crippen LogP contribution in [-0.4, -0.2) is 33.9 Å². The van der Waals surface area contributed by atoms with E-state index in [0.717, 1.165) is 19.3 Å². The van der Waals surface area contributed by atoms with Gasteiger partial charge in [-0.05, 0) is 19.4 Å². The van der Waals surface area contributed by atoms with E-state index < -0.39 is 12.2 Å². The largest absolute Gasteiger partial charge is 0.460 e. The predicted molar refractivity (Wildman–Crippen MR) is 70.7 cm³/mol. The summed E-state index contributed by atoms with van der Waals surface area (Å²) in [5, 5.41) is 4.03. The molecule has 1 aromatic heterocycles. The maximum atomic E-state index is 11.4. The topological polar surface area (TPSA) is 66.2 Å². The fourth-order valence-electron chi connectivity index (χ4n) is 1.50. The number of aromatic nitrogens is 3. The molecule has 1 rings (SSSR count). The standard InChI is InChI=1S/C13H21N3O3/c1-4-7-8-9-19-11(5-2)16-10-14-12(15-16)13(17)18-6-3/h5,10-11H,2,4,6-9H2,1,3H3/t11-/m0/s1. The maximum absolute atomic E-state index is 11.4. The first-order valence-corrected chi connectivity index (χ1v) is 6.55. The van der Waals surface area contributed by atoms with Gasteiger partial charge in [0.25, 0.3) is 5.82 Å². The van der Waals surface area contributed by atoms with Crippen LogP contribution in [0.3, 0.4) is 0 Å². The SMILES string of the molecule is C=C[C@H](OCCCCC)n1cnc(C(=O)OCC)n1. The summed E-state index contributed by atoms with van der Waals surface area (Å²) in [6.07, 6.45) is 5.90. The molecule has 0 fully saturated rings. The van der Waals surface area contributed by atoms with E-state index in [1.165, 1.54) is 11.0 Å². The maximum Gasteiger partial charge on any atom is 0.378 e. The Hall–Kier alpha value is -1.69. The van der Waals surface area contributed by atoms with Crippen LogP contribution in [0.25, 0.3) is 0 Å². The van der Waals surface area contributed by atoms with Crippen LogP contribution >= 0.6 is 0 Å². The van der Waals surface area contributed by atoms with Crippen molar-refractivity contribution in [2.45, 2.75) is 39.3 Å². The Morgan fingerprint density at radius 3 is 2.95 bits per heavy atom. The van der Waals surface area contributed by atoms with Crippen LogP contribution in [0.1, 0.15) is 50.0 Å². The van der Waals surface area contributed by atoms with E-state index in [4.69, 9.17) is 9.47 Å². The highest BCUT2D eigenvalue weighted by atomic mass is 16.5. The van der Waals surface area contributed by atoms with Crippen LogP contribution in [-0.2, 0) is 9.47 Å². The lowest BCUT2D eigenvalue weighted by atomic mass is 10.3. The van der Waals surface area contributed by atoms with Crippen molar-refractivity contribution < 1.29 is 14.3 Å². The summed E-state index contributed by atoms with van der Waals surface area (Å²) in [5.74, 6) is -0.499. The lowest BCUT2D eigenvalue weighted by molar-refractivity contribution is 0.0262. The molecule has 0 aliphatic rings. The van der Waals surface area contributed by atoms with Gasteiger partial charge in [0.15, 0.2) is 6.23 Å². The first kappa shape index (κ1) is 15.4. The second-order valence-electron chi connectivity index (χ2n) is 3.97. The summed E-state index contributed by atoms with van der Waals surface area (Å²) in [5.41, 5.74) is 0. The van der Waals surface area contributed by atoms with Crippen molar-refractivity contribution >= 4 is 5.97 Å². The van der Waals surface area contributed by atoms with Gasteiger partial charge in [0, 0.05) is 6.61 Å². The van der Waals surface area contributed by atoms with Gasteiger partial charge in [0.2, 0.25) is 0 Å². The van der Waals surface area contributed by atoms with Gasteiger partial charge < -0.3 is 9.47 Å². The normalized spacial score (nSPS) is 12.1. The molecule has 1 heterocycles. The fraction of sp³-hybridized carbons (Fsp3) is 0.615. The minimum Gasteiger partial charge on any atom is -0.460 e. The van der Waals surface area contributed by atoms with Gasteiger partial charge in [0.05, 0.1) is 6.61 Å². The van der Waals surface area contributed by atoms with E-state index >= 15 is 0 Å². The highest BCUT2D eigenvalue weighted by Crippen LogP contribution is 2.10. The molecule has 6 heteroatoms. The molecule has 1 atom stereocenters. The number of nitrogens with zero attached hydrogens (tertiary/aromatic N) is 3. The minimum atomic E-state index is -0.532. The van der Waals surface area contributed by atoms with Gasteiger partial charge >= 0.3 is 5.97 Å². The second kappa shape index (κ2) is 8.42. The van der Waals surface area contributed by atoms with Gasteiger partial charge in [-0.1, -0.05) is 26.3 Å². The van der Waals surface area contributed by atoms with Crippen LogP contribution in [0.4, 0.5) is 0 Å². The van der Waals surface area contributed by atoms with Crippen molar-refractivity contribution in [3.63, 3.8) is 0 Å². The zero-order chi connectivity index (χ0) is 14.1. The molecule has 6 nitrogen and oxygen atoms in total. The van der Waals surface area contributed by atoms with Crippen molar-refractivity contribution in [2.75, 3.05) is 13.2 Å². The van der Waals surface area contributed by atoms with Gasteiger partial charge in [-0.25, -0.2) is 14.5 Å². The van der Waals surface area contributed by atoms with E-state index in [0.29, 0.717) is 13.2 Å². The molecule has 106 valence electrons. The van der Waals surface area contributed by atoms with E-state index in [-0.39, 0.29) is 5.82 Å². The second-order valence-corrected chi connectivity index (χ2v) is 3.97. The molecule has 0 bridgehead atoms. The summed E-state index contributed by atoms with van der Waals surface area (Å²) in [7, 11) is 0.